The number of aliphatic carboxylic acids is 1. The van der Waals surface area contributed by atoms with Gasteiger partial charge in [0, 0.05) is 6.04 Å². The highest BCUT2D eigenvalue weighted by Gasteiger charge is 2.51. The molecule has 1 heterocycles. The molecule has 1 aromatic rings. The standard InChI is InChI=1S/C13H14ClN3O3/c14-9-5-15-4-8(16-9)12(18)17-11-7-2-1-6(3-7)10(11)13(19)20/h4-7,10-11H,1-3H2,(H,17,18)(H,19,20). The molecule has 1 aromatic heterocycles. The van der Waals surface area contributed by atoms with E-state index >= 15 is 0 Å². The average Bonchev–Trinajstić information content (AvgIpc) is 2.99. The third-order valence-electron chi connectivity index (χ3n) is 4.34. The first-order valence-electron chi connectivity index (χ1n) is 6.57. The number of nitrogens with zero attached hydrogens (tertiary/aromatic N) is 2. The van der Waals surface area contributed by atoms with Crippen LogP contribution in [-0.4, -0.2) is 33.0 Å². The Labute approximate surface area is 120 Å². The molecule has 2 aliphatic carbocycles. The summed E-state index contributed by atoms with van der Waals surface area (Å²) in [5.74, 6) is -1.32. The fourth-order valence-electron chi connectivity index (χ4n) is 3.53. The predicted molar refractivity (Wildman–Crippen MR) is 70.3 cm³/mol. The molecule has 7 heteroatoms. The molecule has 0 radical (unpaired) electrons. The molecule has 2 aliphatic rings. The zero-order valence-electron chi connectivity index (χ0n) is 10.6. The van der Waals surface area contributed by atoms with Gasteiger partial charge in [-0.25, -0.2) is 4.98 Å². The Morgan fingerprint density at radius 1 is 1.30 bits per heavy atom. The number of amides is 1. The molecule has 106 valence electrons. The van der Waals surface area contributed by atoms with Crippen molar-refractivity contribution in [1.29, 1.82) is 0 Å². The lowest BCUT2D eigenvalue weighted by Crippen LogP contribution is -2.47. The van der Waals surface area contributed by atoms with Gasteiger partial charge in [-0.05, 0) is 31.1 Å². The van der Waals surface area contributed by atoms with Crippen LogP contribution < -0.4 is 5.32 Å². The molecule has 2 bridgehead atoms. The van der Waals surface area contributed by atoms with E-state index in [-0.39, 0.29) is 28.7 Å². The number of fused-ring (bicyclic) bond motifs is 2. The maximum Gasteiger partial charge on any atom is 0.308 e. The van der Waals surface area contributed by atoms with Crippen LogP contribution in [0, 0.1) is 17.8 Å². The third kappa shape index (κ3) is 2.24. The number of halogens is 1. The molecule has 6 nitrogen and oxygen atoms in total. The van der Waals surface area contributed by atoms with Crippen LogP contribution in [0.25, 0.3) is 0 Å². The Morgan fingerprint density at radius 2 is 2.05 bits per heavy atom. The van der Waals surface area contributed by atoms with Crippen LogP contribution in [0.15, 0.2) is 12.4 Å². The van der Waals surface area contributed by atoms with Gasteiger partial charge in [0.25, 0.3) is 5.91 Å². The molecule has 0 spiro atoms. The van der Waals surface area contributed by atoms with Crippen LogP contribution >= 0.6 is 11.6 Å². The summed E-state index contributed by atoms with van der Waals surface area (Å²) in [6.07, 6.45) is 5.45. The minimum absolute atomic E-state index is 0.115. The van der Waals surface area contributed by atoms with Crippen molar-refractivity contribution < 1.29 is 14.7 Å². The SMILES string of the molecule is O=C(NC1C2CCC(C2)C1C(=O)O)c1cncc(Cl)n1. The van der Waals surface area contributed by atoms with Gasteiger partial charge in [0.2, 0.25) is 0 Å². The highest BCUT2D eigenvalue weighted by atomic mass is 35.5. The van der Waals surface area contributed by atoms with Gasteiger partial charge in [0.05, 0.1) is 18.3 Å². The quantitative estimate of drug-likeness (QED) is 0.878. The highest BCUT2D eigenvalue weighted by Crippen LogP contribution is 2.48. The normalized spacial score (nSPS) is 31.2. The molecule has 0 aliphatic heterocycles. The molecular weight excluding hydrogens is 282 g/mol. The second-order valence-electron chi connectivity index (χ2n) is 5.42. The van der Waals surface area contributed by atoms with E-state index in [9.17, 15) is 14.7 Å². The summed E-state index contributed by atoms with van der Waals surface area (Å²) in [4.78, 5) is 31.2. The van der Waals surface area contributed by atoms with E-state index in [1.807, 2.05) is 0 Å². The third-order valence-corrected chi connectivity index (χ3v) is 4.52. The second-order valence-corrected chi connectivity index (χ2v) is 5.81. The first-order chi connectivity index (χ1) is 9.56. The van der Waals surface area contributed by atoms with Crippen LogP contribution in [0.1, 0.15) is 29.8 Å². The molecule has 2 saturated carbocycles. The van der Waals surface area contributed by atoms with Crippen molar-refractivity contribution in [3.8, 4) is 0 Å². The average molecular weight is 296 g/mol. The molecular formula is C13H14ClN3O3. The Morgan fingerprint density at radius 3 is 2.75 bits per heavy atom. The summed E-state index contributed by atoms with van der Waals surface area (Å²) in [7, 11) is 0. The number of nitrogens with one attached hydrogen (secondary N) is 1. The van der Waals surface area contributed by atoms with E-state index < -0.39 is 17.8 Å². The van der Waals surface area contributed by atoms with Gasteiger partial charge in [0.1, 0.15) is 10.8 Å². The lowest BCUT2D eigenvalue weighted by Gasteiger charge is -2.28. The first kappa shape index (κ1) is 13.3. The van der Waals surface area contributed by atoms with Crippen LogP contribution in [0.5, 0.6) is 0 Å². The summed E-state index contributed by atoms with van der Waals surface area (Å²) in [6.45, 7) is 0. The summed E-state index contributed by atoms with van der Waals surface area (Å²) in [5, 5.41) is 12.3. The monoisotopic (exact) mass is 295 g/mol. The molecule has 0 aromatic carbocycles. The number of aromatic nitrogens is 2. The predicted octanol–water partition coefficient (Wildman–Crippen LogP) is 1.36. The highest BCUT2D eigenvalue weighted by molar-refractivity contribution is 6.29. The maximum atomic E-state index is 12.1. The van der Waals surface area contributed by atoms with Gasteiger partial charge < -0.3 is 10.4 Å². The molecule has 2 fully saturated rings. The van der Waals surface area contributed by atoms with Crippen LogP contribution in [0.2, 0.25) is 5.15 Å². The maximum absolute atomic E-state index is 12.1. The van der Waals surface area contributed by atoms with Crippen molar-refractivity contribution in [3.05, 3.63) is 23.2 Å². The van der Waals surface area contributed by atoms with E-state index in [1.165, 1.54) is 12.4 Å². The number of hydrogen-bond acceptors (Lipinski definition) is 4. The number of carbonyl (C=O) groups is 2. The number of carboxylic acids is 1. The molecule has 20 heavy (non-hydrogen) atoms. The van der Waals surface area contributed by atoms with E-state index in [0.29, 0.717) is 0 Å². The second kappa shape index (κ2) is 5.01. The van der Waals surface area contributed by atoms with Gasteiger partial charge >= 0.3 is 5.97 Å². The molecule has 2 N–H and O–H groups in total. The molecule has 4 atom stereocenters. The van der Waals surface area contributed by atoms with Gasteiger partial charge in [-0.2, -0.15) is 0 Å². The molecule has 0 saturated heterocycles. The van der Waals surface area contributed by atoms with E-state index in [2.05, 4.69) is 15.3 Å². The van der Waals surface area contributed by atoms with Crippen molar-refractivity contribution in [2.75, 3.05) is 0 Å². The summed E-state index contributed by atoms with van der Waals surface area (Å²) < 4.78 is 0. The Bertz CT molecular complexity index is 566. The Balaban J connectivity index is 1.77. The zero-order chi connectivity index (χ0) is 14.3. The summed E-state index contributed by atoms with van der Waals surface area (Å²) in [6, 6.07) is -0.320. The van der Waals surface area contributed by atoms with Crippen molar-refractivity contribution in [2.24, 2.45) is 17.8 Å². The fraction of sp³-hybridized carbons (Fsp3) is 0.538. The lowest BCUT2D eigenvalue weighted by atomic mass is 9.84. The molecule has 1 amide bonds. The number of carbonyl (C=O) groups excluding carboxylic acids is 1. The van der Waals surface area contributed by atoms with Gasteiger partial charge in [-0.3, -0.25) is 14.6 Å². The molecule has 4 unspecified atom stereocenters. The molecule has 3 rings (SSSR count). The zero-order valence-corrected chi connectivity index (χ0v) is 11.4. The number of hydrogen-bond donors (Lipinski definition) is 2. The number of carboxylic acid groups (broad SMARTS) is 1. The van der Waals surface area contributed by atoms with Crippen molar-refractivity contribution in [2.45, 2.75) is 25.3 Å². The lowest BCUT2D eigenvalue weighted by molar-refractivity contribution is -0.144. The topological polar surface area (TPSA) is 92.2 Å². The Kier molecular flexibility index (Phi) is 3.33. The fourth-order valence-corrected chi connectivity index (χ4v) is 3.68. The number of rotatable bonds is 3. The summed E-state index contributed by atoms with van der Waals surface area (Å²) >= 11 is 5.70. The van der Waals surface area contributed by atoms with Crippen LogP contribution in [0.4, 0.5) is 0 Å². The van der Waals surface area contributed by atoms with Gasteiger partial charge in [-0.1, -0.05) is 11.6 Å². The van der Waals surface area contributed by atoms with Crippen molar-refractivity contribution in [1.82, 2.24) is 15.3 Å². The van der Waals surface area contributed by atoms with Crippen molar-refractivity contribution >= 4 is 23.5 Å². The van der Waals surface area contributed by atoms with Crippen molar-refractivity contribution in [3.63, 3.8) is 0 Å². The first-order valence-corrected chi connectivity index (χ1v) is 6.95. The van der Waals surface area contributed by atoms with Crippen LogP contribution in [0.3, 0.4) is 0 Å². The van der Waals surface area contributed by atoms with Crippen LogP contribution in [-0.2, 0) is 4.79 Å². The van der Waals surface area contributed by atoms with E-state index in [0.717, 1.165) is 19.3 Å². The minimum Gasteiger partial charge on any atom is -0.481 e. The Hall–Kier alpha value is -1.69. The largest absolute Gasteiger partial charge is 0.481 e. The minimum atomic E-state index is -0.834. The van der Waals surface area contributed by atoms with E-state index in [1.54, 1.807) is 0 Å². The summed E-state index contributed by atoms with van der Waals surface area (Å²) in [5.41, 5.74) is 0.115. The van der Waals surface area contributed by atoms with Gasteiger partial charge in [0.15, 0.2) is 0 Å². The van der Waals surface area contributed by atoms with E-state index in [4.69, 9.17) is 11.6 Å². The van der Waals surface area contributed by atoms with Gasteiger partial charge in [-0.15, -0.1) is 0 Å². The smallest absolute Gasteiger partial charge is 0.308 e.